The molecule has 0 atom stereocenters. The van der Waals surface area contributed by atoms with E-state index < -0.39 is 45.0 Å². The van der Waals surface area contributed by atoms with E-state index in [-0.39, 0.29) is 79.7 Å². The zero-order chi connectivity index (χ0) is 88.7. The van der Waals surface area contributed by atoms with Gasteiger partial charge in [-0.1, -0.05) is 255 Å². The summed E-state index contributed by atoms with van der Waals surface area (Å²) in [5, 5.41) is 6.73. The summed E-state index contributed by atoms with van der Waals surface area (Å²) >= 11 is 0. The molecule has 1 radical (unpaired) electrons. The van der Waals surface area contributed by atoms with Crippen LogP contribution in [0.15, 0.2) is 288 Å². The van der Waals surface area contributed by atoms with Gasteiger partial charge in [0, 0.05) is 131 Å². The number of nitrogens with zero attached hydrogens (tertiary/aromatic N) is 18. The molecule has 6 aliphatic heterocycles. The second-order valence-corrected chi connectivity index (χ2v) is 35.2. The molecule has 0 spiro atoms. The van der Waals surface area contributed by atoms with Crippen molar-refractivity contribution in [3.8, 4) is 137 Å². The van der Waals surface area contributed by atoms with Crippen molar-refractivity contribution in [3.05, 3.63) is 273 Å². The van der Waals surface area contributed by atoms with Crippen molar-refractivity contribution in [3.63, 3.8) is 0 Å². The minimum Gasteiger partial charge on any atom is -0.744 e. The van der Waals surface area contributed by atoms with Gasteiger partial charge in [-0.25, -0.2) is 115 Å². The van der Waals surface area contributed by atoms with E-state index in [9.17, 15) is 38.9 Å². The molecule has 12 aromatic carbocycles. The van der Waals surface area contributed by atoms with Crippen LogP contribution < -0.4 is 29.6 Å². The van der Waals surface area contributed by atoms with Crippen LogP contribution in [-0.4, -0.2) is 159 Å². The summed E-state index contributed by atoms with van der Waals surface area (Å²) in [4.78, 5) is 106. The molecule has 0 amide bonds. The van der Waals surface area contributed by atoms with Gasteiger partial charge >= 0.3 is 46.6 Å². The second-order valence-electron chi connectivity index (χ2n) is 31.1. The van der Waals surface area contributed by atoms with Crippen molar-refractivity contribution in [1.29, 1.82) is 0 Å². The van der Waals surface area contributed by atoms with Crippen LogP contribution in [0, 0.1) is 0 Å². The van der Waals surface area contributed by atoms with E-state index in [4.69, 9.17) is 89.7 Å². The smallest absolute Gasteiger partial charge is 0.744 e. The number of aromatic nitrogens is 24. The fourth-order valence-electron chi connectivity index (χ4n) is 17.6. The van der Waals surface area contributed by atoms with Crippen LogP contribution >= 0.6 is 0 Å². The molecule has 639 valence electrons. The molecule has 0 unspecified atom stereocenters. The van der Waals surface area contributed by atoms with Gasteiger partial charge in [-0.15, -0.1) is 0 Å². The molecular weight excluding hydrogens is 1820 g/mol. The maximum absolute atomic E-state index is 12.4. The average molecular weight is 1870 g/mol. The van der Waals surface area contributed by atoms with Gasteiger partial charge in [0.05, 0.1) is 14.7 Å². The Balaban J connectivity index is 0.000000113. The number of aromatic amines is 6. The standard InChI is InChI=1S/3C32H18N8O3S.Cu.Na/c3*41-44(42,43)23-15-7-14-22-24(23)32-39-30-21-13-6-5-12-20(21)28(37-30)35-26-17-9-2-1-8-16(17)25(33-26)34-27-18-10-3-4-11-19(18)29(36-27)38-31(22)40-32;;/h3*1-15H,(H,41,42,43)(H2,33,34,35,36,37,38,39,40);;/q;;;+2;+1/p-3. The molecule has 0 fully saturated rings. The molecule has 0 saturated carbocycles. The van der Waals surface area contributed by atoms with Crippen molar-refractivity contribution in [2.45, 2.75) is 14.7 Å². The van der Waals surface area contributed by atoms with Gasteiger partial charge in [0.25, 0.3) is 0 Å². The maximum atomic E-state index is 12.4. The Hall–Kier alpha value is -16.0. The number of hydrogen-bond donors (Lipinski definition) is 6. The number of fused-ring (bicyclic) bond motifs is 60. The topological polar surface area (TPSA) is 498 Å². The largest absolute Gasteiger partial charge is 2.00 e. The maximum Gasteiger partial charge on any atom is 2.00 e. The Kier molecular flexibility index (Phi) is 19.3. The number of rotatable bonds is 3. The van der Waals surface area contributed by atoms with Crippen molar-refractivity contribution in [2.24, 2.45) is 0 Å². The van der Waals surface area contributed by atoms with Crippen molar-refractivity contribution in [1.82, 2.24) is 120 Å². The molecule has 27 rings (SSSR count). The van der Waals surface area contributed by atoms with E-state index in [1.807, 2.05) is 218 Å². The zero-order valence-corrected chi connectivity index (χ0v) is 74.1. The number of benzene rings is 12. The van der Waals surface area contributed by atoms with Crippen molar-refractivity contribution >= 4 is 163 Å². The first-order valence-corrected chi connectivity index (χ1v) is 45.1. The Labute approximate surface area is 785 Å². The molecule has 24 bridgehead atoms. The van der Waals surface area contributed by atoms with E-state index in [0.29, 0.717) is 154 Å². The molecule has 9 aromatic heterocycles. The van der Waals surface area contributed by atoms with Crippen LogP contribution in [-0.2, 0) is 47.4 Å². The first-order chi connectivity index (χ1) is 64.3. The molecule has 33 nitrogen and oxygen atoms in total. The van der Waals surface area contributed by atoms with Crippen molar-refractivity contribution in [2.75, 3.05) is 0 Å². The second kappa shape index (κ2) is 31.4. The quantitative estimate of drug-likeness (QED) is 0.0706. The summed E-state index contributed by atoms with van der Waals surface area (Å²) in [6, 6.07) is 82.1. The van der Waals surface area contributed by atoms with E-state index in [1.165, 1.54) is 36.4 Å². The van der Waals surface area contributed by atoms with Gasteiger partial charge in [0.1, 0.15) is 98.1 Å². The van der Waals surface area contributed by atoms with Gasteiger partial charge in [-0.2, -0.15) is 0 Å². The monoisotopic (exact) mass is 1870 g/mol. The van der Waals surface area contributed by atoms with Gasteiger partial charge in [0.15, 0.2) is 69.9 Å². The van der Waals surface area contributed by atoms with Crippen LogP contribution in [0.3, 0.4) is 0 Å². The molecular formula is C96H51CuN24NaO9S3. The Morgan fingerprint density at radius 1 is 0.164 bits per heavy atom. The third-order valence-corrected chi connectivity index (χ3v) is 26.1. The minimum absolute atomic E-state index is 0. The summed E-state index contributed by atoms with van der Waals surface area (Å²) in [6.45, 7) is 0. The van der Waals surface area contributed by atoms with Crippen LogP contribution in [0.25, 0.3) is 269 Å². The fourth-order valence-corrected chi connectivity index (χ4v) is 19.7. The summed E-state index contributed by atoms with van der Waals surface area (Å²) in [6.07, 6.45) is 0. The summed E-state index contributed by atoms with van der Waals surface area (Å²) < 4.78 is 112. The van der Waals surface area contributed by atoms with Gasteiger partial charge < -0.3 is 43.6 Å². The summed E-state index contributed by atoms with van der Waals surface area (Å²) in [5.41, 5.74) is 13.6. The minimum atomic E-state index is -4.87. The fraction of sp³-hybridized carbons (Fsp3) is 0. The predicted octanol–water partition coefficient (Wildman–Crippen LogP) is 14.3. The van der Waals surface area contributed by atoms with Gasteiger partial charge in [0.2, 0.25) is 0 Å². The van der Waals surface area contributed by atoms with E-state index in [2.05, 4.69) is 29.9 Å². The molecule has 134 heavy (non-hydrogen) atoms. The number of H-pyrrole nitrogens is 6. The van der Waals surface area contributed by atoms with Crippen LogP contribution in [0.4, 0.5) is 0 Å². The molecule has 6 aliphatic rings. The van der Waals surface area contributed by atoms with Gasteiger partial charge in [-0.05, 0) is 18.2 Å². The van der Waals surface area contributed by atoms with Gasteiger partial charge in [-0.3, -0.25) is 0 Å². The Morgan fingerprint density at radius 2 is 0.291 bits per heavy atom. The number of nitrogens with one attached hydrogen (secondary N) is 6. The summed E-state index contributed by atoms with van der Waals surface area (Å²) in [7, 11) is -14.6. The van der Waals surface area contributed by atoms with E-state index in [1.54, 1.807) is 18.2 Å². The van der Waals surface area contributed by atoms with E-state index in [0.717, 1.165) is 82.4 Å². The molecule has 15 heterocycles. The molecule has 0 saturated heterocycles. The first kappa shape index (κ1) is 82.4. The average Bonchev–Trinajstić information content (AvgIpc) is 1.59. The van der Waals surface area contributed by atoms with Crippen molar-refractivity contribution < 1.29 is 85.5 Å². The van der Waals surface area contributed by atoms with Crippen LogP contribution in [0.2, 0.25) is 0 Å². The third kappa shape index (κ3) is 13.7. The Morgan fingerprint density at radius 3 is 0.448 bits per heavy atom. The first-order valence-electron chi connectivity index (χ1n) is 40.8. The van der Waals surface area contributed by atoms with Crippen LogP contribution in [0.5, 0.6) is 0 Å². The molecule has 0 aliphatic carbocycles. The third-order valence-electron chi connectivity index (χ3n) is 23.4. The summed E-state index contributed by atoms with van der Waals surface area (Å²) in [5.74, 6) is 4.64. The number of hydrogen-bond acceptors (Lipinski definition) is 27. The normalized spacial score (nSPS) is 12.2. The predicted molar refractivity (Wildman–Crippen MR) is 492 cm³/mol. The van der Waals surface area contributed by atoms with E-state index >= 15 is 0 Å². The molecule has 6 N–H and O–H groups in total. The molecule has 21 aromatic rings. The Bertz CT molecular complexity index is 8870. The van der Waals surface area contributed by atoms with Crippen LogP contribution in [0.1, 0.15) is 0 Å². The molecule has 38 heteroatoms. The SMILES string of the molecule is O=S(=O)([O-])c1cccc2c3nc4nc(nc5[nH]c(nc6nc(nc([nH]3)c12)-c1ccccc1-6)c1ccccc51)-c1ccccc1-4.O=S(=O)([O-])c1cccc2c3nc4nc(nc5[nH]c(nc6nc(nc([nH]3)c12)-c1ccccc1-6)c1ccccc51)-c1ccccc1-4.O=S(=O)([O-])c1cccc2c3nc4nc(nc5[nH]c(nc6nc(nc([nH]3)c12)-c1ccccc1-6)c1ccccc51)-c1ccccc1-4.[Cu+2].[Na+]. The zero-order valence-electron chi connectivity index (χ0n) is 68.7.